The molecule has 250 valence electrons. The van der Waals surface area contributed by atoms with Crippen LogP contribution >= 0.6 is 0 Å². The highest BCUT2D eigenvalue weighted by Gasteiger charge is 2.15. The Hall–Kier alpha value is -6.96. The monoisotopic (exact) mass is 675 g/mol. The van der Waals surface area contributed by atoms with Gasteiger partial charge in [0.25, 0.3) is 0 Å². The lowest BCUT2D eigenvalue weighted by Gasteiger charge is -2.26. The Balaban J connectivity index is 1.08. The number of benzene rings is 9. The van der Waals surface area contributed by atoms with E-state index in [-0.39, 0.29) is 0 Å². The third-order valence-corrected chi connectivity index (χ3v) is 10.1. The fourth-order valence-corrected chi connectivity index (χ4v) is 7.41. The Morgan fingerprint density at radius 2 is 0.642 bits per heavy atom. The molecule has 0 aliphatic heterocycles. The van der Waals surface area contributed by atoms with Gasteiger partial charge in [-0.05, 0) is 121 Å². The first-order chi connectivity index (χ1) is 26.3. The molecule has 0 aromatic heterocycles. The first-order valence-corrected chi connectivity index (χ1v) is 18.2. The van der Waals surface area contributed by atoms with Crippen molar-refractivity contribution in [3.63, 3.8) is 0 Å². The van der Waals surface area contributed by atoms with Crippen molar-refractivity contribution in [1.82, 2.24) is 0 Å². The van der Waals surface area contributed by atoms with E-state index in [0.717, 1.165) is 17.1 Å². The molecule has 9 aromatic rings. The van der Waals surface area contributed by atoms with Crippen LogP contribution < -0.4 is 4.90 Å². The van der Waals surface area contributed by atoms with Gasteiger partial charge in [-0.25, -0.2) is 0 Å². The predicted molar refractivity (Wildman–Crippen MR) is 226 cm³/mol. The number of nitrogens with zero attached hydrogens (tertiary/aromatic N) is 1. The van der Waals surface area contributed by atoms with E-state index in [2.05, 4.69) is 229 Å². The van der Waals surface area contributed by atoms with Gasteiger partial charge in [0.2, 0.25) is 0 Å². The summed E-state index contributed by atoms with van der Waals surface area (Å²) in [5.74, 6) is 0. The Morgan fingerprint density at radius 1 is 0.226 bits per heavy atom. The van der Waals surface area contributed by atoms with Crippen LogP contribution in [0.1, 0.15) is 0 Å². The van der Waals surface area contributed by atoms with Gasteiger partial charge in [0, 0.05) is 17.1 Å². The van der Waals surface area contributed by atoms with Crippen LogP contribution in [-0.2, 0) is 0 Å². The summed E-state index contributed by atoms with van der Waals surface area (Å²) in [6, 6.07) is 80.7. The molecule has 9 rings (SSSR count). The Kier molecular flexibility index (Phi) is 8.66. The number of anilines is 3. The number of hydrogen-bond acceptors (Lipinski definition) is 1. The molecule has 0 aliphatic carbocycles. The van der Waals surface area contributed by atoms with E-state index in [0.29, 0.717) is 0 Å². The highest BCUT2D eigenvalue weighted by atomic mass is 15.1. The molecule has 1 heteroatoms. The topological polar surface area (TPSA) is 3.24 Å². The van der Waals surface area contributed by atoms with Crippen molar-refractivity contribution in [3.8, 4) is 55.6 Å². The molecule has 0 amide bonds. The second kappa shape index (κ2) is 14.3. The van der Waals surface area contributed by atoms with Gasteiger partial charge in [0.05, 0.1) is 0 Å². The minimum Gasteiger partial charge on any atom is -0.311 e. The average Bonchev–Trinajstić information content (AvgIpc) is 3.25. The summed E-state index contributed by atoms with van der Waals surface area (Å²) < 4.78 is 0. The first-order valence-electron chi connectivity index (χ1n) is 18.2. The highest BCUT2D eigenvalue weighted by molar-refractivity contribution is 6.00. The van der Waals surface area contributed by atoms with Crippen molar-refractivity contribution in [1.29, 1.82) is 0 Å². The van der Waals surface area contributed by atoms with E-state index in [4.69, 9.17) is 0 Å². The number of rotatable bonds is 8. The maximum atomic E-state index is 2.33. The second-order valence-electron chi connectivity index (χ2n) is 13.4. The first kappa shape index (κ1) is 32.0. The molecular weight excluding hydrogens is 639 g/mol. The van der Waals surface area contributed by atoms with Gasteiger partial charge >= 0.3 is 0 Å². The van der Waals surface area contributed by atoms with E-state index in [1.165, 1.54) is 66.4 Å². The van der Waals surface area contributed by atoms with Gasteiger partial charge in [-0.3, -0.25) is 0 Å². The molecule has 0 atom stereocenters. The van der Waals surface area contributed by atoms with Crippen LogP contribution in [0.15, 0.2) is 224 Å². The quantitative estimate of drug-likeness (QED) is 0.155. The molecule has 1 nitrogen and oxygen atoms in total. The molecule has 0 radical (unpaired) electrons. The zero-order valence-electron chi connectivity index (χ0n) is 29.3. The largest absolute Gasteiger partial charge is 0.311 e. The minimum absolute atomic E-state index is 1.10. The summed E-state index contributed by atoms with van der Waals surface area (Å²) in [4.78, 5) is 2.33. The van der Waals surface area contributed by atoms with Crippen LogP contribution in [0.5, 0.6) is 0 Å². The van der Waals surface area contributed by atoms with Crippen LogP contribution in [0.2, 0.25) is 0 Å². The molecule has 0 unspecified atom stereocenters. The minimum atomic E-state index is 1.10. The molecular formula is C52H37N. The standard InChI is InChI=1S/C52H37N/c1-5-15-38(16-6-1)43-29-34-50(51(36-43)40-17-7-2-8-18-40)42-27-32-48(33-28-42)53(46-22-11-4-12-23-46)47-30-25-39(26-31-47)45-35-44-21-13-14-24-49(44)52(37-45)41-19-9-3-10-20-41/h1-37H. The van der Waals surface area contributed by atoms with Crippen LogP contribution in [0, 0.1) is 0 Å². The Morgan fingerprint density at radius 3 is 1.26 bits per heavy atom. The molecule has 0 heterocycles. The van der Waals surface area contributed by atoms with E-state index in [1.54, 1.807) is 0 Å². The summed E-state index contributed by atoms with van der Waals surface area (Å²) >= 11 is 0. The molecule has 9 aromatic carbocycles. The molecule has 0 fully saturated rings. The molecule has 0 saturated heterocycles. The number of para-hydroxylation sites is 1. The molecule has 0 bridgehead atoms. The van der Waals surface area contributed by atoms with Gasteiger partial charge in [-0.2, -0.15) is 0 Å². The summed E-state index contributed by atoms with van der Waals surface area (Å²) in [6.07, 6.45) is 0. The van der Waals surface area contributed by atoms with Gasteiger partial charge in [-0.1, -0.05) is 170 Å². The predicted octanol–water partition coefficient (Wildman–Crippen LogP) is 14.6. The SMILES string of the molecule is c1ccc(-c2ccc(-c3ccc(N(c4ccccc4)c4ccc(-c5cc(-c6ccccc6)c6ccccc6c5)cc4)cc3)c(-c3ccccc3)c2)cc1. The van der Waals surface area contributed by atoms with Crippen molar-refractivity contribution in [2.45, 2.75) is 0 Å². The average molecular weight is 676 g/mol. The zero-order chi connectivity index (χ0) is 35.4. The van der Waals surface area contributed by atoms with E-state index >= 15 is 0 Å². The van der Waals surface area contributed by atoms with Crippen molar-refractivity contribution in [3.05, 3.63) is 224 Å². The van der Waals surface area contributed by atoms with Gasteiger partial charge in [-0.15, -0.1) is 0 Å². The smallest absolute Gasteiger partial charge is 0.0462 e. The van der Waals surface area contributed by atoms with Crippen molar-refractivity contribution >= 4 is 27.8 Å². The van der Waals surface area contributed by atoms with Crippen LogP contribution in [0.3, 0.4) is 0 Å². The third kappa shape index (κ3) is 6.53. The van der Waals surface area contributed by atoms with E-state index < -0.39 is 0 Å². The van der Waals surface area contributed by atoms with Gasteiger partial charge in [0.1, 0.15) is 0 Å². The van der Waals surface area contributed by atoms with Crippen molar-refractivity contribution < 1.29 is 0 Å². The lowest BCUT2D eigenvalue weighted by Crippen LogP contribution is -2.09. The van der Waals surface area contributed by atoms with Gasteiger partial charge in [0.15, 0.2) is 0 Å². The Labute approximate surface area is 311 Å². The number of hydrogen-bond donors (Lipinski definition) is 0. The zero-order valence-corrected chi connectivity index (χ0v) is 29.3. The lowest BCUT2D eigenvalue weighted by atomic mass is 9.91. The van der Waals surface area contributed by atoms with Crippen LogP contribution in [0.25, 0.3) is 66.4 Å². The van der Waals surface area contributed by atoms with E-state index in [1.807, 2.05) is 0 Å². The second-order valence-corrected chi connectivity index (χ2v) is 13.4. The fourth-order valence-electron chi connectivity index (χ4n) is 7.41. The molecule has 53 heavy (non-hydrogen) atoms. The summed E-state index contributed by atoms with van der Waals surface area (Å²) in [6.45, 7) is 0. The fraction of sp³-hybridized carbons (Fsp3) is 0. The molecule has 0 saturated carbocycles. The Bertz CT molecular complexity index is 2610. The maximum absolute atomic E-state index is 2.33. The normalized spacial score (nSPS) is 11.0. The molecule has 0 N–H and O–H groups in total. The van der Waals surface area contributed by atoms with Crippen LogP contribution in [-0.4, -0.2) is 0 Å². The van der Waals surface area contributed by atoms with Crippen molar-refractivity contribution in [2.24, 2.45) is 0 Å². The summed E-state index contributed by atoms with van der Waals surface area (Å²) in [5, 5.41) is 2.50. The van der Waals surface area contributed by atoms with Crippen LogP contribution in [0.4, 0.5) is 17.1 Å². The maximum Gasteiger partial charge on any atom is 0.0462 e. The molecule has 0 spiro atoms. The number of fused-ring (bicyclic) bond motifs is 1. The molecule has 0 aliphatic rings. The van der Waals surface area contributed by atoms with E-state index in [9.17, 15) is 0 Å². The van der Waals surface area contributed by atoms with Crippen molar-refractivity contribution in [2.75, 3.05) is 4.90 Å². The summed E-state index contributed by atoms with van der Waals surface area (Å²) in [5.41, 5.74) is 15.4. The lowest BCUT2D eigenvalue weighted by molar-refractivity contribution is 1.28. The van der Waals surface area contributed by atoms with Gasteiger partial charge < -0.3 is 4.90 Å². The highest BCUT2D eigenvalue weighted by Crippen LogP contribution is 2.40. The third-order valence-electron chi connectivity index (χ3n) is 10.1. The summed E-state index contributed by atoms with van der Waals surface area (Å²) in [7, 11) is 0.